The minimum atomic E-state index is -5.04. The van der Waals surface area contributed by atoms with Gasteiger partial charge in [-0.1, -0.05) is 12.1 Å². The van der Waals surface area contributed by atoms with Crippen LogP contribution in [0.2, 0.25) is 0 Å². The van der Waals surface area contributed by atoms with Crippen LogP contribution in [0.3, 0.4) is 0 Å². The Labute approximate surface area is 227 Å². The van der Waals surface area contributed by atoms with Crippen molar-refractivity contribution >= 4 is 23.2 Å². The highest BCUT2D eigenvalue weighted by Gasteiger charge is 2.36. The largest absolute Gasteiger partial charge is 0.573 e. The van der Waals surface area contributed by atoms with E-state index in [4.69, 9.17) is 0 Å². The van der Waals surface area contributed by atoms with Gasteiger partial charge in [-0.2, -0.15) is 5.26 Å². The SMILES string of the molecule is CN1CCN(c2cc(Nc3ncc(F)c(-c4ccc5c(c4)C(=O)NC5(C)C)n3)c(OC(F)(F)F)cc2C#N)CC1. The maximum absolute atomic E-state index is 14.9. The van der Waals surface area contributed by atoms with Crippen molar-refractivity contribution in [3.8, 4) is 23.1 Å². The van der Waals surface area contributed by atoms with Crippen LogP contribution in [-0.2, 0) is 5.54 Å². The lowest BCUT2D eigenvalue weighted by Gasteiger charge is -2.34. The van der Waals surface area contributed by atoms with Gasteiger partial charge in [-0.15, -0.1) is 13.2 Å². The summed E-state index contributed by atoms with van der Waals surface area (Å²) >= 11 is 0. The summed E-state index contributed by atoms with van der Waals surface area (Å²) in [5.41, 5.74) is 0.947. The number of halogens is 4. The molecule has 40 heavy (non-hydrogen) atoms. The fraction of sp³-hybridized carbons (Fsp3) is 0.333. The van der Waals surface area contributed by atoms with Crippen molar-refractivity contribution in [2.45, 2.75) is 25.7 Å². The number of piperazine rings is 1. The zero-order valence-corrected chi connectivity index (χ0v) is 21.9. The van der Waals surface area contributed by atoms with Gasteiger partial charge in [0.05, 0.1) is 28.7 Å². The van der Waals surface area contributed by atoms with Crippen LogP contribution in [0.25, 0.3) is 11.3 Å². The highest BCUT2D eigenvalue weighted by molar-refractivity contribution is 6.01. The second-order valence-corrected chi connectivity index (χ2v) is 10.2. The monoisotopic (exact) mass is 555 g/mol. The van der Waals surface area contributed by atoms with Crippen LogP contribution < -0.4 is 20.3 Å². The molecule has 0 aliphatic carbocycles. The summed E-state index contributed by atoms with van der Waals surface area (Å²) in [5.74, 6) is -1.96. The Bertz CT molecular complexity index is 1530. The number of amides is 1. The van der Waals surface area contributed by atoms with E-state index >= 15 is 0 Å². The number of nitrogens with one attached hydrogen (secondary N) is 2. The molecule has 1 amide bonds. The van der Waals surface area contributed by atoms with Crippen molar-refractivity contribution in [3.05, 3.63) is 59.0 Å². The highest BCUT2D eigenvalue weighted by atomic mass is 19.4. The molecule has 1 fully saturated rings. The van der Waals surface area contributed by atoms with E-state index in [2.05, 4.69) is 30.2 Å². The molecule has 0 unspecified atom stereocenters. The van der Waals surface area contributed by atoms with Gasteiger partial charge in [0.1, 0.15) is 11.8 Å². The molecule has 5 rings (SSSR count). The van der Waals surface area contributed by atoms with Crippen molar-refractivity contribution in [3.63, 3.8) is 0 Å². The summed E-state index contributed by atoms with van der Waals surface area (Å²) in [6.07, 6.45) is -4.15. The molecule has 3 aromatic rings. The van der Waals surface area contributed by atoms with Gasteiger partial charge in [0.2, 0.25) is 5.95 Å². The Morgan fingerprint density at radius 1 is 1.15 bits per heavy atom. The smallest absolute Gasteiger partial charge is 0.404 e. The lowest BCUT2D eigenvalue weighted by molar-refractivity contribution is -0.274. The number of benzene rings is 2. The zero-order chi connectivity index (χ0) is 28.8. The maximum atomic E-state index is 14.9. The lowest BCUT2D eigenvalue weighted by Crippen LogP contribution is -2.44. The van der Waals surface area contributed by atoms with E-state index in [-0.39, 0.29) is 28.8 Å². The van der Waals surface area contributed by atoms with Gasteiger partial charge in [0.15, 0.2) is 11.6 Å². The zero-order valence-electron chi connectivity index (χ0n) is 21.9. The molecule has 2 N–H and O–H groups in total. The predicted octanol–water partition coefficient (Wildman–Crippen LogP) is 4.53. The van der Waals surface area contributed by atoms with E-state index < -0.39 is 23.5 Å². The Morgan fingerprint density at radius 2 is 1.88 bits per heavy atom. The van der Waals surface area contributed by atoms with Crippen LogP contribution in [0.4, 0.5) is 34.9 Å². The van der Waals surface area contributed by atoms with Crippen LogP contribution >= 0.6 is 0 Å². The van der Waals surface area contributed by atoms with E-state index in [9.17, 15) is 27.6 Å². The molecule has 0 radical (unpaired) electrons. The van der Waals surface area contributed by atoms with Gasteiger partial charge in [0, 0.05) is 43.4 Å². The molecule has 1 aromatic heterocycles. The van der Waals surface area contributed by atoms with Crippen LogP contribution in [0, 0.1) is 17.1 Å². The molecule has 1 saturated heterocycles. The Kier molecular flexibility index (Phi) is 6.75. The topological polar surface area (TPSA) is 106 Å². The first kappa shape index (κ1) is 27.1. The molecule has 208 valence electrons. The maximum Gasteiger partial charge on any atom is 0.573 e. The number of aromatic nitrogens is 2. The number of hydrogen-bond acceptors (Lipinski definition) is 8. The number of nitriles is 1. The molecule has 0 saturated carbocycles. The number of hydrogen-bond donors (Lipinski definition) is 2. The summed E-state index contributed by atoms with van der Waals surface area (Å²) in [5, 5.41) is 15.2. The first-order chi connectivity index (χ1) is 18.8. The van der Waals surface area contributed by atoms with E-state index in [1.165, 1.54) is 12.1 Å². The van der Waals surface area contributed by atoms with Crippen molar-refractivity contribution in [1.29, 1.82) is 5.26 Å². The number of carbonyl (C=O) groups is 1. The molecule has 3 heterocycles. The number of carbonyl (C=O) groups excluding carboxylic acids is 1. The summed E-state index contributed by atoms with van der Waals surface area (Å²) in [7, 11) is 1.95. The number of ether oxygens (including phenoxy) is 1. The first-order valence-electron chi connectivity index (χ1n) is 12.4. The number of fused-ring (bicyclic) bond motifs is 1. The molecule has 2 aromatic carbocycles. The second-order valence-electron chi connectivity index (χ2n) is 10.2. The number of likely N-dealkylation sites (N-methyl/N-ethyl adjacent to an activating group) is 1. The van der Waals surface area contributed by atoms with Gasteiger partial charge in [0.25, 0.3) is 5.91 Å². The third kappa shape index (κ3) is 5.35. The van der Waals surface area contributed by atoms with Crippen LogP contribution in [0.1, 0.15) is 35.3 Å². The number of nitrogens with zero attached hydrogens (tertiary/aromatic N) is 5. The number of rotatable bonds is 5. The van der Waals surface area contributed by atoms with E-state index in [1.807, 2.05) is 31.9 Å². The van der Waals surface area contributed by atoms with Crippen LogP contribution in [0.5, 0.6) is 5.75 Å². The van der Waals surface area contributed by atoms with Crippen LogP contribution in [-0.4, -0.2) is 60.4 Å². The molecule has 0 atom stereocenters. The minimum Gasteiger partial charge on any atom is -0.404 e. The normalized spacial score (nSPS) is 16.8. The van der Waals surface area contributed by atoms with Crippen molar-refractivity contribution < 1.29 is 27.1 Å². The van der Waals surface area contributed by atoms with Crippen LogP contribution in [0.15, 0.2) is 36.5 Å². The van der Waals surface area contributed by atoms with Crippen molar-refractivity contribution in [1.82, 2.24) is 20.2 Å². The van der Waals surface area contributed by atoms with Gasteiger partial charge in [-0.05, 0) is 38.6 Å². The van der Waals surface area contributed by atoms with Gasteiger partial charge >= 0.3 is 6.36 Å². The fourth-order valence-corrected chi connectivity index (χ4v) is 4.87. The third-order valence-electron chi connectivity index (χ3n) is 6.92. The first-order valence-corrected chi connectivity index (χ1v) is 12.4. The summed E-state index contributed by atoms with van der Waals surface area (Å²) < 4.78 is 58.9. The Morgan fingerprint density at radius 3 is 2.55 bits per heavy atom. The Hall–Kier alpha value is -4.44. The fourth-order valence-electron chi connectivity index (χ4n) is 4.87. The van der Waals surface area contributed by atoms with E-state index in [0.29, 0.717) is 43.0 Å². The summed E-state index contributed by atoms with van der Waals surface area (Å²) in [6, 6.07) is 9.16. The molecule has 2 aliphatic rings. The number of alkyl halides is 3. The molecular formula is C27H25F4N7O2. The van der Waals surface area contributed by atoms with Crippen molar-refractivity contribution in [2.75, 3.05) is 43.4 Å². The molecular weight excluding hydrogens is 530 g/mol. The van der Waals surface area contributed by atoms with Gasteiger partial charge in [-0.3, -0.25) is 4.79 Å². The average molecular weight is 556 g/mol. The van der Waals surface area contributed by atoms with E-state index in [1.54, 1.807) is 12.1 Å². The minimum absolute atomic E-state index is 0.00871. The standard InChI is InChI=1S/C27H25F4N7O2/c1-26(2)18-5-4-15(10-17(18)24(39)36-26)23-19(28)14-33-25(35-23)34-20-12-21(38-8-6-37(3)7-9-38)16(13-32)11-22(20)40-27(29,30)31/h4-5,10-12,14H,6-9H2,1-3H3,(H,36,39)(H,33,34,35). The predicted molar refractivity (Wildman–Crippen MR) is 139 cm³/mol. The molecule has 13 heteroatoms. The van der Waals surface area contributed by atoms with Crippen molar-refractivity contribution in [2.24, 2.45) is 0 Å². The Balaban J connectivity index is 1.54. The summed E-state index contributed by atoms with van der Waals surface area (Å²) in [6.45, 7) is 6.22. The quantitative estimate of drug-likeness (QED) is 0.443. The molecule has 2 aliphatic heterocycles. The summed E-state index contributed by atoms with van der Waals surface area (Å²) in [4.78, 5) is 24.6. The third-order valence-corrected chi connectivity index (χ3v) is 6.92. The van der Waals surface area contributed by atoms with Gasteiger partial charge in [-0.25, -0.2) is 14.4 Å². The second kappa shape index (κ2) is 9.95. The highest BCUT2D eigenvalue weighted by Crippen LogP contribution is 2.39. The molecule has 9 nitrogen and oxygen atoms in total. The number of anilines is 3. The molecule has 0 spiro atoms. The van der Waals surface area contributed by atoms with Gasteiger partial charge < -0.3 is 25.2 Å². The molecule has 0 bridgehead atoms. The average Bonchev–Trinajstić information content (AvgIpc) is 3.12. The van der Waals surface area contributed by atoms with E-state index in [0.717, 1.165) is 17.8 Å². The lowest BCUT2D eigenvalue weighted by atomic mass is 9.93.